The Morgan fingerprint density at radius 1 is 1.06 bits per heavy atom. The first-order chi connectivity index (χ1) is 8.58. The van der Waals surface area contributed by atoms with E-state index in [0.29, 0.717) is 11.1 Å². The van der Waals surface area contributed by atoms with Crippen LogP contribution in [0.25, 0.3) is 0 Å². The summed E-state index contributed by atoms with van der Waals surface area (Å²) >= 11 is 3.27. The highest BCUT2D eigenvalue weighted by atomic mass is 79.9. The van der Waals surface area contributed by atoms with Gasteiger partial charge < -0.3 is 5.73 Å². The molecule has 0 aromatic heterocycles. The lowest BCUT2D eigenvalue weighted by atomic mass is 9.99. The molecule has 0 radical (unpaired) electrons. The standard InChI is InChI=1S/C14H12BrF2N/c15-10-5-6-13(17)11(8-10)14(18)7-9-3-1-2-4-12(9)16/h1-6,8,14H,7,18H2. The van der Waals surface area contributed by atoms with Crippen molar-refractivity contribution in [2.45, 2.75) is 12.5 Å². The predicted molar refractivity (Wildman–Crippen MR) is 71.1 cm³/mol. The molecule has 0 aliphatic carbocycles. The Hall–Kier alpha value is -1.26. The summed E-state index contributed by atoms with van der Waals surface area (Å²) in [5.41, 5.74) is 6.81. The Balaban J connectivity index is 2.25. The molecule has 0 aliphatic heterocycles. The van der Waals surface area contributed by atoms with E-state index in [1.54, 1.807) is 30.3 Å². The fraction of sp³-hybridized carbons (Fsp3) is 0.143. The van der Waals surface area contributed by atoms with Gasteiger partial charge >= 0.3 is 0 Å². The second kappa shape index (κ2) is 5.59. The predicted octanol–water partition coefficient (Wildman–Crippen LogP) is 3.97. The van der Waals surface area contributed by atoms with Gasteiger partial charge in [-0.15, -0.1) is 0 Å². The van der Waals surface area contributed by atoms with Crippen molar-refractivity contribution >= 4 is 15.9 Å². The first-order valence-electron chi connectivity index (χ1n) is 5.52. The third kappa shape index (κ3) is 2.94. The van der Waals surface area contributed by atoms with Gasteiger partial charge in [0.05, 0.1) is 0 Å². The summed E-state index contributed by atoms with van der Waals surface area (Å²) in [6.07, 6.45) is 0.264. The third-order valence-electron chi connectivity index (χ3n) is 2.76. The Labute approximate surface area is 113 Å². The van der Waals surface area contributed by atoms with E-state index in [-0.39, 0.29) is 18.1 Å². The molecule has 0 spiro atoms. The molecule has 94 valence electrons. The Bertz CT molecular complexity index is 557. The molecule has 2 N–H and O–H groups in total. The van der Waals surface area contributed by atoms with Crippen LogP contribution < -0.4 is 5.73 Å². The zero-order valence-corrected chi connectivity index (χ0v) is 11.1. The second-order valence-electron chi connectivity index (χ2n) is 4.07. The van der Waals surface area contributed by atoms with Gasteiger partial charge in [0.15, 0.2) is 0 Å². The van der Waals surface area contributed by atoms with Crippen LogP contribution >= 0.6 is 15.9 Å². The quantitative estimate of drug-likeness (QED) is 0.912. The fourth-order valence-corrected chi connectivity index (χ4v) is 2.19. The SMILES string of the molecule is NC(Cc1ccccc1F)c1cc(Br)ccc1F. The molecule has 1 unspecified atom stereocenters. The van der Waals surface area contributed by atoms with E-state index in [1.807, 2.05) is 0 Å². The first-order valence-corrected chi connectivity index (χ1v) is 6.31. The minimum Gasteiger partial charge on any atom is -0.324 e. The van der Waals surface area contributed by atoms with Crippen molar-refractivity contribution in [3.8, 4) is 0 Å². The lowest BCUT2D eigenvalue weighted by molar-refractivity contribution is 0.563. The molecule has 18 heavy (non-hydrogen) atoms. The van der Waals surface area contributed by atoms with Crippen molar-refractivity contribution in [1.82, 2.24) is 0 Å². The van der Waals surface area contributed by atoms with Crippen LogP contribution in [-0.2, 0) is 6.42 Å². The molecule has 0 heterocycles. The number of hydrogen-bond donors (Lipinski definition) is 1. The number of halogens is 3. The molecular weight excluding hydrogens is 300 g/mol. The molecule has 2 aromatic rings. The van der Waals surface area contributed by atoms with Gasteiger partial charge in [0, 0.05) is 16.1 Å². The molecule has 0 fully saturated rings. The van der Waals surface area contributed by atoms with Crippen molar-refractivity contribution < 1.29 is 8.78 Å². The van der Waals surface area contributed by atoms with E-state index >= 15 is 0 Å². The van der Waals surface area contributed by atoms with Gasteiger partial charge in [-0.2, -0.15) is 0 Å². The lowest BCUT2D eigenvalue weighted by Gasteiger charge is -2.14. The molecule has 0 saturated heterocycles. The summed E-state index contributed by atoms with van der Waals surface area (Å²) in [7, 11) is 0. The number of rotatable bonds is 3. The summed E-state index contributed by atoms with van der Waals surface area (Å²) in [5.74, 6) is -0.689. The average molecular weight is 312 g/mol. The molecule has 0 bridgehead atoms. The maximum Gasteiger partial charge on any atom is 0.128 e. The summed E-state index contributed by atoms with van der Waals surface area (Å²) in [4.78, 5) is 0. The fourth-order valence-electron chi connectivity index (χ4n) is 1.81. The monoisotopic (exact) mass is 311 g/mol. The van der Waals surface area contributed by atoms with Gasteiger partial charge in [-0.1, -0.05) is 34.1 Å². The third-order valence-corrected chi connectivity index (χ3v) is 3.25. The topological polar surface area (TPSA) is 26.0 Å². The van der Waals surface area contributed by atoms with Crippen molar-refractivity contribution in [3.63, 3.8) is 0 Å². The molecule has 0 saturated carbocycles. The Morgan fingerprint density at radius 2 is 1.78 bits per heavy atom. The van der Waals surface area contributed by atoms with Crippen LogP contribution in [0.15, 0.2) is 46.9 Å². The van der Waals surface area contributed by atoms with Crippen LogP contribution in [0.1, 0.15) is 17.2 Å². The summed E-state index contributed by atoms with van der Waals surface area (Å²) < 4.78 is 27.9. The van der Waals surface area contributed by atoms with Crippen molar-refractivity contribution in [1.29, 1.82) is 0 Å². The Kier molecular flexibility index (Phi) is 4.09. The van der Waals surface area contributed by atoms with Crippen LogP contribution in [-0.4, -0.2) is 0 Å². The maximum absolute atomic E-state index is 13.6. The maximum atomic E-state index is 13.6. The molecule has 1 nitrogen and oxygen atoms in total. The van der Waals surface area contributed by atoms with E-state index in [0.717, 1.165) is 4.47 Å². The number of hydrogen-bond acceptors (Lipinski definition) is 1. The molecule has 0 aliphatic rings. The van der Waals surface area contributed by atoms with Crippen LogP contribution in [0.2, 0.25) is 0 Å². The second-order valence-corrected chi connectivity index (χ2v) is 4.98. The number of nitrogens with two attached hydrogens (primary N) is 1. The minimum atomic E-state index is -0.570. The smallest absolute Gasteiger partial charge is 0.128 e. The highest BCUT2D eigenvalue weighted by Gasteiger charge is 2.14. The molecule has 2 rings (SSSR count). The molecule has 2 aromatic carbocycles. The summed E-state index contributed by atoms with van der Waals surface area (Å²) in [5, 5.41) is 0. The summed E-state index contributed by atoms with van der Waals surface area (Å²) in [6.45, 7) is 0. The largest absolute Gasteiger partial charge is 0.324 e. The average Bonchev–Trinajstić information content (AvgIpc) is 2.35. The highest BCUT2D eigenvalue weighted by molar-refractivity contribution is 9.10. The van der Waals surface area contributed by atoms with Crippen LogP contribution in [0.5, 0.6) is 0 Å². The van der Waals surface area contributed by atoms with Gasteiger partial charge in [-0.25, -0.2) is 8.78 Å². The highest BCUT2D eigenvalue weighted by Crippen LogP contribution is 2.23. The van der Waals surface area contributed by atoms with E-state index < -0.39 is 6.04 Å². The summed E-state index contributed by atoms with van der Waals surface area (Å²) in [6, 6.07) is 10.4. The van der Waals surface area contributed by atoms with Crippen molar-refractivity contribution in [2.75, 3.05) is 0 Å². The lowest BCUT2D eigenvalue weighted by Crippen LogP contribution is -2.15. The molecular formula is C14H12BrF2N. The van der Waals surface area contributed by atoms with Crippen molar-refractivity contribution in [2.24, 2.45) is 5.73 Å². The van der Waals surface area contributed by atoms with Gasteiger partial charge in [-0.3, -0.25) is 0 Å². The van der Waals surface area contributed by atoms with Gasteiger partial charge in [0.2, 0.25) is 0 Å². The van der Waals surface area contributed by atoms with Crippen LogP contribution in [0.3, 0.4) is 0 Å². The van der Waals surface area contributed by atoms with Crippen LogP contribution in [0, 0.1) is 11.6 Å². The van der Waals surface area contributed by atoms with Crippen molar-refractivity contribution in [3.05, 3.63) is 69.7 Å². The van der Waals surface area contributed by atoms with E-state index in [9.17, 15) is 8.78 Å². The molecule has 4 heteroatoms. The molecule has 0 amide bonds. The minimum absolute atomic E-state index is 0.264. The zero-order valence-electron chi connectivity index (χ0n) is 9.54. The zero-order chi connectivity index (χ0) is 13.1. The first kappa shape index (κ1) is 13.2. The van der Waals surface area contributed by atoms with Gasteiger partial charge in [0.1, 0.15) is 11.6 Å². The Morgan fingerprint density at radius 3 is 2.50 bits per heavy atom. The van der Waals surface area contributed by atoms with Gasteiger partial charge in [-0.05, 0) is 36.2 Å². The van der Waals surface area contributed by atoms with Gasteiger partial charge in [0.25, 0.3) is 0 Å². The van der Waals surface area contributed by atoms with E-state index in [1.165, 1.54) is 12.1 Å². The number of benzene rings is 2. The van der Waals surface area contributed by atoms with E-state index in [4.69, 9.17) is 5.73 Å². The normalized spacial score (nSPS) is 12.4. The molecule has 1 atom stereocenters. The van der Waals surface area contributed by atoms with Crippen LogP contribution in [0.4, 0.5) is 8.78 Å². The van der Waals surface area contributed by atoms with E-state index in [2.05, 4.69) is 15.9 Å².